The Morgan fingerprint density at radius 3 is 2.74 bits per heavy atom. The first-order valence-corrected chi connectivity index (χ1v) is 8.83. The molecule has 0 spiro atoms. The molecule has 0 N–H and O–H groups in total. The summed E-state index contributed by atoms with van der Waals surface area (Å²) < 4.78 is 7.83. The van der Waals surface area contributed by atoms with Gasteiger partial charge in [-0.25, -0.2) is 4.98 Å². The Balaban J connectivity index is 2.29. The van der Waals surface area contributed by atoms with Gasteiger partial charge in [0.1, 0.15) is 11.3 Å². The van der Waals surface area contributed by atoms with Crippen molar-refractivity contribution in [3.8, 4) is 0 Å². The van der Waals surface area contributed by atoms with E-state index in [-0.39, 0.29) is 0 Å². The maximum Gasteiger partial charge on any atom is 0.110 e. The van der Waals surface area contributed by atoms with Crippen molar-refractivity contribution < 1.29 is 4.52 Å². The maximum absolute atomic E-state index is 5.43. The zero-order valence-corrected chi connectivity index (χ0v) is 15.0. The fourth-order valence-electron chi connectivity index (χ4n) is 3.30. The van der Waals surface area contributed by atoms with Crippen LogP contribution in [0.15, 0.2) is 30.5 Å². The van der Waals surface area contributed by atoms with Crippen molar-refractivity contribution in [2.24, 2.45) is 0 Å². The number of aryl methyl sites for hydroxylation is 1. The van der Waals surface area contributed by atoms with Gasteiger partial charge in [-0.05, 0) is 18.9 Å². The smallest absolute Gasteiger partial charge is 0.110 e. The number of para-hydroxylation sites is 1. The van der Waals surface area contributed by atoms with Gasteiger partial charge in [-0.2, -0.15) is 0 Å². The van der Waals surface area contributed by atoms with E-state index < -0.39 is 0 Å². The van der Waals surface area contributed by atoms with Crippen LogP contribution in [0.25, 0.3) is 21.9 Å². The summed E-state index contributed by atoms with van der Waals surface area (Å²) in [5, 5.41) is 1.17. The van der Waals surface area contributed by atoms with Crippen molar-refractivity contribution >= 4 is 31.4 Å². The standard InChI is InChI=1S/C18H24N3OP/c1-3-7-13(12-22-23)21-17(8-4-2)20-16-11-19-15-10-6-5-9-14(15)18(16)21/h5-6,9-11,13H,3-4,7-8,12,23H2,1-2H3. The van der Waals surface area contributed by atoms with Gasteiger partial charge in [0.2, 0.25) is 0 Å². The maximum atomic E-state index is 5.43. The lowest BCUT2D eigenvalue weighted by Gasteiger charge is -2.21. The molecule has 23 heavy (non-hydrogen) atoms. The second kappa shape index (κ2) is 7.37. The Bertz CT molecular complexity index is 793. The van der Waals surface area contributed by atoms with Gasteiger partial charge in [0.05, 0.1) is 29.9 Å². The van der Waals surface area contributed by atoms with E-state index in [1.807, 2.05) is 12.3 Å². The van der Waals surface area contributed by atoms with Gasteiger partial charge >= 0.3 is 0 Å². The first-order valence-electron chi connectivity index (χ1n) is 8.36. The summed E-state index contributed by atoms with van der Waals surface area (Å²) >= 11 is 0. The first kappa shape index (κ1) is 16.4. The number of rotatable bonds is 7. The summed E-state index contributed by atoms with van der Waals surface area (Å²) in [4.78, 5) is 9.44. The van der Waals surface area contributed by atoms with Crippen LogP contribution >= 0.6 is 9.47 Å². The Morgan fingerprint density at radius 1 is 1.17 bits per heavy atom. The number of hydrogen-bond acceptors (Lipinski definition) is 3. The lowest BCUT2D eigenvalue weighted by molar-refractivity contribution is 0.273. The van der Waals surface area contributed by atoms with E-state index >= 15 is 0 Å². The Morgan fingerprint density at radius 2 is 2.00 bits per heavy atom. The van der Waals surface area contributed by atoms with Gasteiger partial charge in [-0.3, -0.25) is 4.98 Å². The van der Waals surface area contributed by atoms with E-state index in [0.717, 1.165) is 42.5 Å². The second-order valence-corrected chi connectivity index (χ2v) is 6.27. The second-order valence-electron chi connectivity index (χ2n) is 5.93. The average molecular weight is 329 g/mol. The van der Waals surface area contributed by atoms with Crippen molar-refractivity contribution in [3.63, 3.8) is 0 Å². The lowest BCUT2D eigenvalue weighted by atomic mass is 10.1. The summed E-state index contributed by atoms with van der Waals surface area (Å²) in [5.41, 5.74) is 3.20. The minimum atomic E-state index is 0.301. The fraction of sp³-hybridized carbons (Fsp3) is 0.444. The highest BCUT2D eigenvalue weighted by Gasteiger charge is 2.20. The van der Waals surface area contributed by atoms with Gasteiger partial charge in [-0.15, -0.1) is 0 Å². The fourth-order valence-corrected chi connectivity index (χ4v) is 3.52. The van der Waals surface area contributed by atoms with Crippen LogP contribution in [0.5, 0.6) is 0 Å². The minimum Gasteiger partial charge on any atom is -0.364 e. The number of imidazole rings is 1. The number of pyridine rings is 1. The molecule has 0 bridgehead atoms. The summed E-state index contributed by atoms with van der Waals surface area (Å²) in [6.07, 6.45) is 6.15. The number of aromatic nitrogens is 3. The topological polar surface area (TPSA) is 39.9 Å². The predicted octanol–water partition coefficient (Wildman–Crippen LogP) is 4.68. The molecule has 0 aliphatic rings. The molecule has 5 heteroatoms. The quantitative estimate of drug-likeness (QED) is 0.591. The number of benzene rings is 1. The zero-order valence-electron chi connectivity index (χ0n) is 13.8. The van der Waals surface area contributed by atoms with E-state index in [4.69, 9.17) is 9.51 Å². The monoisotopic (exact) mass is 329 g/mol. The molecule has 2 atom stereocenters. The summed E-state index contributed by atoms with van der Waals surface area (Å²) in [5.74, 6) is 1.14. The van der Waals surface area contributed by atoms with Crippen LogP contribution in [0.2, 0.25) is 0 Å². The van der Waals surface area contributed by atoms with E-state index in [1.54, 1.807) is 0 Å². The highest BCUT2D eigenvalue weighted by atomic mass is 31.0. The van der Waals surface area contributed by atoms with Gasteiger partial charge in [0, 0.05) is 21.3 Å². The number of fused-ring (bicyclic) bond motifs is 3. The molecule has 0 fully saturated rings. The van der Waals surface area contributed by atoms with E-state index in [0.29, 0.717) is 12.6 Å². The summed E-state index contributed by atoms with van der Waals surface area (Å²) in [6, 6.07) is 8.61. The van der Waals surface area contributed by atoms with Crippen molar-refractivity contribution in [1.82, 2.24) is 14.5 Å². The highest BCUT2D eigenvalue weighted by molar-refractivity contribution is 7.09. The van der Waals surface area contributed by atoms with Crippen LogP contribution in [0, 0.1) is 0 Å². The van der Waals surface area contributed by atoms with Gasteiger partial charge in [-0.1, -0.05) is 38.5 Å². The summed E-state index contributed by atoms with van der Waals surface area (Å²) in [6.45, 7) is 5.09. The third kappa shape index (κ3) is 3.11. The molecule has 2 unspecified atom stereocenters. The zero-order chi connectivity index (χ0) is 16.2. The molecular weight excluding hydrogens is 305 g/mol. The molecule has 0 saturated carbocycles. The Hall–Kier alpha value is -1.51. The van der Waals surface area contributed by atoms with Crippen molar-refractivity contribution in [1.29, 1.82) is 0 Å². The van der Waals surface area contributed by atoms with Crippen LogP contribution in [0.4, 0.5) is 0 Å². The van der Waals surface area contributed by atoms with E-state index in [2.05, 4.69) is 51.1 Å². The number of hydrogen-bond donors (Lipinski definition) is 0. The lowest BCUT2D eigenvalue weighted by Crippen LogP contribution is -2.16. The van der Waals surface area contributed by atoms with Gasteiger partial charge in [0.25, 0.3) is 0 Å². The summed E-state index contributed by atoms with van der Waals surface area (Å²) in [7, 11) is 2.38. The van der Waals surface area contributed by atoms with Crippen molar-refractivity contribution in [2.75, 3.05) is 6.61 Å². The van der Waals surface area contributed by atoms with Crippen LogP contribution < -0.4 is 0 Å². The van der Waals surface area contributed by atoms with Crippen molar-refractivity contribution in [2.45, 2.75) is 45.6 Å². The predicted molar refractivity (Wildman–Crippen MR) is 98.6 cm³/mol. The van der Waals surface area contributed by atoms with Gasteiger partial charge < -0.3 is 9.09 Å². The number of nitrogens with zero attached hydrogens (tertiary/aromatic N) is 3. The SMILES string of the molecule is CCCc1nc2cnc3ccccc3c2n1C(CCC)COP. The van der Waals surface area contributed by atoms with Crippen LogP contribution in [0.1, 0.15) is 45.0 Å². The minimum absolute atomic E-state index is 0.301. The molecule has 2 aromatic heterocycles. The molecule has 1 aromatic carbocycles. The Kier molecular flexibility index (Phi) is 5.24. The van der Waals surface area contributed by atoms with Crippen LogP contribution in [-0.2, 0) is 10.9 Å². The third-order valence-electron chi connectivity index (χ3n) is 4.25. The highest BCUT2D eigenvalue weighted by Crippen LogP contribution is 2.30. The molecule has 4 nitrogen and oxygen atoms in total. The first-order chi connectivity index (χ1) is 11.3. The molecule has 0 aliphatic carbocycles. The van der Waals surface area contributed by atoms with E-state index in [9.17, 15) is 0 Å². The molecule has 3 rings (SSSR count). The molecule has 0 amide bonds. The molecule has 122 valence electrons. The van der Waals surface area contributed by atoms with Crippen molar-refractivity contribution in [3.05, 3.63) is 36.3 Å². The molecule has 3 aromatic rings. The molecule has 0 radical (unpaired) electrons. The average Bonchev–Trinajstić information content (AvgIpc) is 2.93. The Labute approximate surface area is 139 Å². The van der Waals surface area contributed by atoms with Gasteiger partial charge in [0.15, 0.2) is 0 Å². The third-order valence-corrected chi connectivity index (χ3v) is 4.44. The molecule has 0 saturated heterocycles. The normalized spacial score (nSPS) is 13.0. The van der Waals surface area contributed by atoms with Crippen LogP contribution in [0.3, 0.4) is 0 Å². The largest absolute Gasteiger partial charge is 0.364 e. The van der Waals surface area contributed by atoms with Crippen LogP contribution in [-0.4, -0.2) is 21.1 Å². The molecule has 2 heterocycles. The molecular formula is C18H24N3OP. The molecule has 0 aliphatic heterocycles. The van der Waals surface area contributed by atoms with E-state index in [1.165, 1.54) is 10.9 Å².